The van der Waals surface area contributed by atoms with Crippen LogP contribution >= 0.6 is 0 Å². The maximum atomic E-state index is 13.3. The Morgan fingerprint density at radius 2 is 2.17 bits per heavy atom. The third-order valence-electron chi connectivity index (χ3n) is 2.54. The van der Waals surface area contributed by atoms with Crippen LogP contribution in [-0.2, 0) is 11.2 Å². The number of amides is 1. The number of hydrogen-bond acceptors (Lipinski definition) is 2. The van der Waals surface area contributed by atoms with Gasteiger partial charge in [-0.05, 0) is 12.5 Å². The highest BCUT2D eigenvalue weighted by Crippen LogP contribution is 2.11. The molecule has 1 unspecified atom stereocenters. The molecule has 2 N–H and O–H groups in total. The van der Waals surface area contributed by atoms with E-state index in [9.17, 15) is 18.7 Å². The van der Waals surface area contributed by atoms with Gasteiger partial charge in [0.15, 0.2) is 11.6 Å². The van der Waals surface area contributed by atoms with Crippen LogP contribution in [0.25, 0.3) is 0 Å². The standard InChI is InChI=1S/C13H17F2NO2/c1-2-4-10(17)8-16-12(18)7-9-5-3-6-11(14)13(9)15/h3,5-6,10,17H,2,4,7-8H2,1H3,(H,16,18). The highest BCUT2D eigenvalue weighted by Gasteiger charge is 2.12. The lowest BCUT2D eigenvalue weighted by atomic mass is 10.1. The third kappa shape index (κ3) is 4.41. The van der Waals surface area contributed by atoms with Crippen molar-refractivity contribution in [2.24, 2.45) is 0 Å². The first-order valence-corrected chi connectivity index (χ1v) is 5.92. The Morgan fingerprint density at radius 1 is 1.44 bits per heavy atom. The van der Waals surface area contributed by atoms with Crippen LogP contribution in [0.4, 0.5) is 8.78 Å². The number of rotatable bonds is 6. The Bertz CT molecular complexity index is 410. The van der Waals surface area contributed by atoms with Gasteiger partial charge in [-0.2, -0.15) is 0 Å². The average Bonchev–Trinajstić information content (AvgIpc) is 2.33. The van der Waals surface area contributed by atoms with Gasteiger partial charge in [0.05, 0.1) is 12.5 Å². The molecule has 0 aliphatic heterocycles. The van der Waals surface area contributed by atoms with Crippen LogP contribution in [0, 0.1) is 11.6 Å². The molecular weight excluding hydrogens is 240 g/mol. The molecule has 1 amide bonds. The molecule has 0 heterocycles. The van der Waals surface area contributed by atoms with Crippen LogP contribution in [0.5, 0.6) is 0 Å². The third-order valence-corrected chi connectivity index (χ3v) is 2.54. The maximum Gasteiger partial charge on any atom is 0.224 e. The first kappa shape index (κ1) is 14.6. The molecule has 1 atom stereocenters. The van der Waals surface area contributed by atoms with Crippen LogP contribution in [0.1, 0.15) is 25.3 Å². The van der Waals surface area contributed by atoms with Gasteiger partial charge in [0.2, 0.25) is 5.91 Å². The van der Waals surface area contributed by atoms with E-state index in [1.807, 2.05) is 6.92 Å². The zero-order chi connectivity index (χ0) is 13.5. The number of aliphatic hydroxyl groups is 1. The quantitative estimate of drug-likeness (QED) is 0.816. The number of halogens is 2. The van der Waals surface area contributed by atoms with Crippen molar-refractivity contribution in [2.75, 3.05) is 6.54 Å². The van der Waals surface area contributed by atoms with Crippen molar-refractivity contribution >= 4 is 5.91 Å². The molecule has 1 aromatic carbocycles. The molecule has 0 spiro atoms. The second kappa shape index (κ2) is 7.06. The number of aliphatic hydroxyl groups excluding tert-OH is 1. The molecule has 100 valence electrons. The zero-order valence-electron chi connectivity index (χ0n) is 10.2. The summed E-state index contributed by atoms with van der Waals surface area (Å²) in [6, 6.07) is 3.72. The predicted octanol–water partition coefficient (Wildman–Crippen LogP) is 1.78. The summed E-state index contributed by atoms with van der Waals surface area (Å²) in [5.41, 5.74) is 0.0116. The topological polar surface area (TPSA) is 49.3 Å². The minimum Gasteiger partial charge on any atom is -0.391 e. The second-order valence-corrected chi connectivity index (χ2v) is 4.14. The van der Waals surface area contributed by atoms with E-state index in [-0.39, 0.29) is 18.5 Å². The highest BCUT2D eigenvalue weighted by molar-refractivity contribution is 5.78. The number of nitrogens with one attached hydrogen (secondary N) is 1. The molecule has 0 aromatic heterocycles. The number of hydrogen-bond donors (Lipinski definition) is 2. The maximum absolute atomic E-state index is 13.3. The van der Waals surface area contributed by atoms with Gasteiger partial charge < -0.3 is 10.4 Å². The molecule has 0 aliphatic rings. The van der Waals surface area contributed by atoms with Crippen LogP contribution in [-0.4, -0.2) is 23.7 Å². The van der Waals surface area contributed by atoms with E-state index in [0.29, 0.717) is 6.42 Å². The molecule has 0 saturated heterocycles. The van der Waals surface area contributed by atoms with Gasteiger partial charge in [0.25, 0.3) is 0 Å². The largest absolute Gasteiger partial charge is 0.391 e. The van der Waals surface area contributed by atoms with Gasteiger partial charge in [0, 0.05) is 12.1 Å². The Labute approximate surface area is 105 Å². The number of benzene rings is 1. The van der Waals surface area contributed by atoms with Crippen LogP contribution < -0.4 is 5.32 Å². The summed E-state index contributed by atoms with van der Waals surface area (Å²) in [5.74, 6) is -2.40. The van der Waals surface area contributed by atoms with Crippen molar-refractivity contribution < 1.29 is 18.7 Å². The average molecular weight is 257 g/mol. The minimum absolute atomic E-state index is 0.0116. The lowest BCUT2D eigenvalue weighted by Gasteiger charge is -2.11. The van der Waals surface area contributed by atoms with Gasteiger partial charge in [-0.15, -0.1) is 0 Å². The molecule has 0 bridgehead atoms. The fraction of sp³-hybridized carbons (Fsp3) is 0.462. The molecular formula is C13H17F2NO2. The van der Waals surface area contributed by atoms with Gasteiger partial charge in [-0.25, -0.2) is 8.78 Å². The van der Waals surface area contributed by atoms with E-state index in [4.69, 9.17) is 0 Å². The summed E-state index contributed by atoms with van der Waals surface area (Å²) in [7, 11) is 0. The molecule has 18 heavy (non-hydrogen) atoms. The Hall–Kier alpha value is -1.49. The predicted molar refractivity (Wildman–Crippen MR) is 64.0 cm³/mol. The van der Waals surface area contributed by atoms with Gasteiger partial charge in [-0.1, -0.05) is 25.5 Å². The molecule has 0 fully saturated rings. The summed E-state index contributed by atoms with van der Waals surface area (Å²) < 4.78 is 26.2. The van der Waals surface area contributed by atoms with Gasteiger partial charge in [-0.3, -0.25) is 4.79 Å². The Balaban J connectivity index is 2.47. The SMILES string of the molecule is CCCC(O)CNC(=O)Cc1cccc(F)c1F. The Morgan fingerprint density at radius 3 is 2.83 bits per heavy atom. The van der Waals surface area contributed by atoms with E-state index in [1.54, 1.807) is 0 Å². The molecule has 0 aliphatic carbocycles. The first-order valence-electron chi connectivity index (χ1n) is 5.92. The van der Waals surface area contributed by atoms with E-state index in [1.165, 1.54) is 12.1 Å². The Kier molecular flexibility index (Phi) is 5.71. The summed E-state index contributed by atoms with van der Waals surface area (Å²) >= 11 is 0. The summed E-state index contributed by atoms with van der Waals surface area (Å²) in [6.45, 7) is 2.05. The van der Waals surface area contributed by atoms with Crippen molar-refractivity contribution in [3.8, 4) is 0 Å². The summed E-state index contributed by atoms with van der Waals surface area (Å²) in [6.07, 6.45) is 0.573. The van der Waals surface area contributed by atoms with Crippen molar-refractivity contribution in [1.82, 2.24) is 5.32 Å². The van der Waals surface area contributed by atoms with Crippen molar-refractivity contribution in [3.63, 3.8) is 0 Å². The molecule has 3 nitrogen and oxygen atoms in total. The van der Waals surface area contributed by atoms with Crippen molar-refractivity contribution in [3.05, 3.63) is 35.4 Å². The van der Waals surface area contributed by atoms with E-state index in [0.717, 1.165) is 12.5 Å². The fourth-order valence-electron chi connectivity index (χ4n) is 1.59. The van der Waals surface area contributed by atoms with Crippen LogP contribution in [0.2, 0.25) is 0 Å². The highest BCUT2D eigenvalue weighted by atomic mass is 19.2. The monoisotopic (exact) mass is 257 g/mol. The van der Waals surface area contributed by atoms with Crippen LogP contribution in [0.15, 0.2) is 18.2 Å². The van der Waals surface area contributed by atoms with E-state index >= 15 is 0 Å². The lowest BCUT2D eigenvalue weighted by molar-refractivity contribution is -0.120. The van der Waals surface area contributed by atoms with Crippen LogP contribution in [0.3, 0.4) is 0 Å². The van der Waals surface area contributed by atoms with Gasteiger partial charge in [0.1, 0.15) is 0 Å². The van der Waals surface area contributed by atoms with E-state index < -0.39 is 23.6 Å². The second-order valence-electron chi connectivity index (χ2n) is 4.14. The summed E-state index contributed by atoms with van der Waals surface area (Å²) in [4.78, 5) is 11.5. The normalized spacial score (nSPS) is 12.2. The smallest absolute Gasteiger partial charge is 0.224 e. The number of carbonyl (C=O) groups is 1. The molecule has 0 radical (unpaired) electrons. The zero-order valence-corrected chi connectivity index (χ0v) is 10.2. The number of carbonyl (C=O) groups excluding carboxylic acids is 1. The molecule has 5 heteroatoms. The lowest BCUT2D eigenvalue weighted by Crippen LogP contribution is -2.33. The minimum atomic E-state index is -0.998. The van der Waals surface area contributed by atoms with E-state index in [2.05, 4.69) is 5.32 Å². The molecule has 0 saturated carbocycles. The first-order chi connectivity index (χ1) is 8.54. The molecule has 1 aromatic rings. The van der Waals surface area contributed by atoms with Gasteiger partial charge >= 0.3 is 0 Å². The fourth-order valence-corrected chi connectivity index (χ4v) is 1.59. The van der Waals surface area contributed by atoms with Crippen molar-refractivity contribution in [2.45, 2.75) is 32.3 Å². The molecule has 1 rings (SSSR count). The summed E-state index contributed by atoms with van der Waals surface area (Å²) in [5, 5.41) is 11.9. The van der Waals surface area contributed by atoms with Crippen molar-refractivity contribution in [1.29, 1.82) is 0 Å².